The van der Waals surface area contributed by atoms with Crippen molar-refractivity contribution in [3.63, 3.8) is 0 Å². The van der Waals surface area contributed by atoms with E-state index in [-0.39, 0.29) is 5.56 Å². The molecule has 1 fully saturated rings. The minimum atomic E-state index is -1.28. The highest BCUT2D eigenvalue weighted by molar-refractivity contribution is 6.10. The van der Waals surface area contributed by atoms with Gasteiger partial charge in [-0.1, -0.05) is 0 Å². The Balaban J connectivity index is 2.25. The molecule has 0 saturated heterocycles. The smallest absolute Gasteiger partial charge is 0.319 e. The van der Waals surface area contributed by atoms with Crippen LogP contribution in [0.5, 0.6) is 0 Å². The number of aryl methyl sites for hydroxylation is 2. The van der Waals surface area contributed by atoms with Gasteiger partial charge in [0.2, 0.25) is 5.91 Å². The van der Waals surface area contributed by atoms with Crippen LogP contribution in [0.15, 0.2) is 17.1 Å². The topological polar surface area (TPSA) is 88.4 Å². The molecular weight excluding hydrogens is 236 g/mol. The molecule has 1 saturated carbocycles. The molecule has 2 N–H and O–H groups in total. The second-order valence-corrected chi connectivity index (χ2v) is 4.66. The second kappa shape index (κ2) is 3.97. The largest absolute Gasteiger partial charge is 0.480 e. The van der Waals surface area contributed by atoms with Crippen molar-refractivity contribution in [1.29, 1.82) is 0 Å². The fourth-order valence-corrected chi connectivity index (χ4v) is 1.76. The molecule has 18 heavy (non-hydrogen) atoms. The first-order chi connectivity index (χ1) is 8.36. The van der Waals surface area contributed by atoms with E-state index in [4.69, 9.17) is 5.11 Å². The second-order valence-electron chi connectivity index (χ2n) is 4.66. The van der Waals surface area contributed by atoms with Gasteiger partial charge in [-0.05, 0) is 25.3 Å². The summed E-state index contributed by atoms with van der Waals surface area (Å²) in [4.78, 5) is 34.3. The number of carboxylic acids is 1. The van der Waals surface area contributed by atoms with E-state index in [1.54, 1.807) is 14.0 Å². The summed E-state index contributed by atoms with van der Waals surface area (Å²) in [5.74, 6) is -1.61. The molecule has 0 atom stereocenters. The number of carbonyl (C=O) groups is 2. The number of amides is 1. The van der Waals surface area contributed by atoms with Crippen molar-refractivity contribution < 1.29 is 14.7 Å². The lowest BCUT2D eigenvalue weighted by atomic mass is 10.1. The van der Waals surface area contributed by atoms with E-state index < -0.39 is 17.3 Å². The Hall–Kier alpha value is -2.11. The van der Waals surface area contributed by atoms with E-state index in [9.17, 15) is 14.4 Å². The van der Waals surface area contributed by atoms with Crippen LogP contribution in [0, 0.1) is 12.3 Å². The quantitative estimate of drug-likeness (QED) is 0.764. The summed E-state index contributed by atoms with van der Waals surface area (Å²) in [5.41, 5.74) is -0.367. The summed E-state index contributed by atoms with van der Waals surface area (Å²) < 4.78 is 1.34. The fourth-order valence-electron chi connectivity index (χ4n) is 1.76. The maximum Gasteiger partial charge on any atom is 0.319 e. The Labute approximate surface area is 103 Å². The van der Waals surface area contributed by atoms with Gasteiger partial charge in [-0.3, -0.25) is 14.4 Å². The summed E-state index contributed by atoms with van der Waals surface area (Å²) in [6, 6.07) is 1.40. The summed E-state index contributed by atoms with van der Waals surface area (Å²) in [6.45, 7) is 1.69. The SMILES string of the molecule is Cc1cc(=O)n(C)cc1NC(=O)C1(C(=O)O)CC1. The summed E-state index contributed by atoms with van der Waals surface area (Å²) in [6.07, 6.45) is 2.21. The molecule has 96 valence electrons. The number of anilines is 1. The third-order valence-electron chi connectivity index (χ3n) is 3.28. The van der Waals surface area contributed by atoms with Crippen LogP contribution in [0.25, 0.3) is 0 Å². The highest BCUT2D eigenvalue weighted by Crippen LogP contribution is 2.46. The number of hydrogen-bond acceptors (Lipinski definition) is 3. The molecule has 0 aromatic carbocycles. The maximum atomic E-state index is 11.9. The van der Waals surface area contributed by atoms with Gasteiger partial charge in [0.25, 0.3) is 5.56 Å². The van der Waals surface area contributed by atoms with E-state index in [1.165, 1.54) is 16.8 Å². The zero-order valence-corrected chi connectivity index (χ0v) is 10.2. The highest BCUT2D eigenvalue weighted by atomic mass is 16.4. The zero-order chi connectivity index (χ0) is 13.5. The van der Waals surface area contributed by atoms with Gasteiger partial charge in [0, 0.05) is 19.3 Å². The van der Waals surface area contributed by atoms with Gasteiger partial charge in [0.15, 0.2) is 0 Å². The summed E-state index contributed by atoms with van der Waals surface area (Å²) in [7, 11) is 1.57. The maximum absolute atomic E-state index is 11.9. The van der Waals surface area contributed by atoms with Crippen molar-refractivity contribution >= 4 is 17.6 Å². The van der Waals surface area contributed by atoms with Gasteiger partial charge in [-0.25, -0.2) is 0 Å². The van der Waals surface area contributed by atoms with Crippen LogP contribution in [0.3, 0.4) is 0 Å². The molecule has 0 aliphatic heterocycles. The lowest BCUT2D eigenvalue weighted by molar-refractivity contribution is -0.147. The number of carboxylic acid groups (broad SMARTS) is 1. The first-order valence-corrected chi connectivity index (χ1v) is 5.59. The highest BCUT2D eigenvalue weighted by Gasteiger charge is 2.57. The van der Waals surface area contributed by atoms with Crippen LogP contribution >= 0.6 is 0 Å². The van der Waals surface area contributed by atoms with Gasteiger partial charge in [0.1, 0.15) is 5.41 Å². The minimum Gasteiger partial charge on any atom is -0.480 e. The molecule has 1 amide bonds. The van der Waals surface area contributed by atoms with Gasteiger partial charge >= 0.3 is 5.97 Å². The third kappa shape index (κ3) is 1.90. The minimum absolute atomic E-state index is 0.176. The first-order valence-electron chi connectivity index (χ1n) is 5.59. The van der Waals surface area contributed by atoms with Crippen molar-refractivity contribution in [2.24, 2.45) is 12.5 Å². The Kier molecular flexibility index (Phi) is 2.73. The molecule has 1 heterocycles. The average molecular weight is 250 g/mol. The monoisotopic (exact) mass is 250 g/mol. The lowest BCUT2D eigenvalue weighted by Gasteiger charge is -2.13. The van der Waals surface area contributed by atoms with Crippen LogP contribution in [0.4, 0.5) is 5.69 Å². The number of aromatic nitrogens is 1. The van der Waals surface area contributed by atoms with E-state index in [0.717, 1.165) is 0 Å². The Morgan fingerprint density at radius 3 is 2.56 bits per heavy atom. The van der Waals surface area contributed by atoms with Crippen molar-refractivity contribution in [1.82, 2.24) is 4.57 Å². The van der Waals surface area contributed by atoms with Crippen LogP contribution in [-0.2, 0) is 16.6 Å². The third-order valence-corrected chi connectivity index (χ3v) is 3.28. The normalized spacial score (nSPS) is 16.1. The molecule has 0 bridgehead atoms. The summed E-state index contributed by atoms with van der Waals surface area (Å²) in [5, 5.41) is 11.6. The number of aliphatic carboxylic acids is 1. The van der Waals surface area contributed by atoms with Gasteiger partial charge < -0.3 is 15.0 Å². The summed E-state index contributed by atoms with van der Waals surface area (Å²) >= 11 is 0. The van der Waals surface area contributed by atoms with Gasteiger partial charge in [-0.2, -0.15) is 0 Å². The first kappa shape index (κ1) is 12.3. The Morgan fingerprint density at radius 1 is 1.44 bits per heavy atom. The van der Waals surface area contributed by atoms with E-state index in [2.05, 4.69) is 5.32 Å². The van der Waals surface area contributed by atoms with Crippen LogP contribution in [-0.4, -0.2) is 21.6 Å². The molecule has 0 unspecified atom stereocenters. The fraction of sp³-hybridized carbons (Fsp3) is 0.417. The molecule has 1 aliphatic rings. The number of hydrogen-bond donors (Lipinski definition) is 2. The Bertz CT molecular complexity index is 584. The van der Waals surface area contributed by atoms with Crippen molar-refractivity contribution in [3.05, 3.63) is 28.2 Å². The van der Waals surface area contributed by atoms with Gasteiger partial charge in [-0.15, -0.1) is 0 Å². The number of nitrogens with zero attached hydrogens (tertiary/aromatic N) is 1. The number of pyridine rings is 1. The van der Waals surface area contributed by atoms with E-state index in [1.807, 2.05) is 0 Å². The van der Waals surface area contributed by atoms with Crippen molar-refractivity contribution in [2.75, 3.05) is 5.32 Å². The number of carbonyl (C=O) groups excluding carboxylic acids is 1. The Morgan fingerprint density at radius 2 is 2.06 bits per heavy atom. The molecule has 6 nitrogen and oxygen atoms in total. The lowest BCUT2D eigenvalue weighted by Crippen LogP contribution is -2.32. The standard InChI is InChI=1S/C12H14N2O4/c1-7-5-9(15)14(2)6-8(7)13-10(16)12(3-4-12)11(17)18/h5-6H,3-4H2,1-2H3,(H,13,16)(H,17,18). The molecule has 1 aromatic rings. The van der Waals surface area contributed by atoms with Crippen LogP contribution in [0.1, 0.15) is 18.4 Å². The molecule has 1 aliphatic carbocycles. The predicted molar refractivity (Wildman–Crippen MR) is 64.4 cm³/mol. The zero-order valence-electron chi connectivity index (χ0n) is 10.2. The van der Waals surface area contributed by atoms with Gasteiger partial charge in [0.05, 0.1) is 5.69 Å². The molecule has 0 radical (unpaired) electrons. The van der Waals surface area contributed by atoms with Crippen LogP contribution in [0.2, 0.25) is 0 Å². The predicted octanol–water partition coefficient (Wildman–Crippen LogP) is 0.497. The van der Waals surface area contributed by atoms with Crippen LogP contribution < -0.4 is 10.9 Å². The molecule has 1 aromatic heterocycles. The average Bonchev–Trinajstić information content (AvgIpc) is 3.06. The number of rotatable bonds is 3. The van der Waals surface area contributed by atoms with E-state index in [0.29, 0.717) is 24.1 Å². The molecule has 2 rings (SSSR count). The number of nitrogens with one attached hydrogen (secondary N) is 1. The van der Waals surface area contributed by atoms with Crippen molar-refractivity contribution in [3.8, 4) is 0 Å². The van der Waals surface area contributed by atoms with Crippen molar-refractivity contribution in [2.45, 2.75) is 19.8 Å². The molecule has 6 heteroatoms. The molecule has 0 spiro atoms. The van der Waals surface area contributed by atoms with E-state index >= 15 is 0 Å². The molecular formula is C12H14N2O4.